The van der Waals surface area contributed by atoms with Crippen LogP contribution in [0.4, 0.5) is 4.39 Å². The van der Waals surface area contributed by atoms with Gasteiger partial charge in [0, 0.05) is 23.2 Å². The van der Waals surface area contributed by atoms with Gasteiger partial charge in [-0.2, -0.15) is 0 Å². The SMILES string of the molecule is Cc1cnc(-c2cc(OC[C@@H]3CCCO3)cc(C(=O)[O-])c2F)s1.[Li+]. The van der Waals surface area contributed by atoms with E-state index >= 15 is 0 Å². The molecule has 0 bridgehead atoms. The van der Waals surface area contributed by atoms with E-state index in [-0.39, 0.29) is 36.3 Å². The minimum absolute atomic E-state index is 0. The van der Waals surface area contributed by atoms with Crippen LogP contribution in [0.5, 0.6) is 5.75 Å². The number of aromatic nitrogens is 1. The van der Waals surface area contributed by atoms with Crippen molar-refractivity contribution in [2.45, 2.75) is 25.9 Å². The fourth-order valence-electron chi connectivity index (χ4n) is 2.43. The number of thiazole rings is 1. The Balaban J connectivity index is 0.00000208. The maximum atomic E-state index is 14.4. The molecule has 1 atom stereocenters. The molecule has 0 radical (unpaired) electrons. The van der Waals surface area contributed by atoms with E-state index in [4.69, 9.17) is 9.47 Å². The van der Waals surface area contributed by atoms with Crippen LogP contribution in [0.3, 0.4) is 0 Å². The molecule has 1 aliphatic rings. The molecular weight excluding hydrogens is 328 g/mol. The Morgan fingerprint density at radius 1 is 1.54 bits per heavy atom. The van der Waals surface area contributed by atoms with E-state index in [1.165, 1.54) is 17.4 Å². The van der Waals surface area contributed by atoms with Crippen molar-refractivity contribution in [2.24, 2.45) is 0 Å². The summed E-state index contributed by atoms with van der Waals surface area (Å²) in [7, 11) is 0. The normalized spacial score (nSPS) is 16.7. The van der Waals surface area contributed by atoms with Gasteiger partial charge in [-0.1, -0.05) is 0 Å². The molecule has 1 aromatic heterocycles. The van der Waals surface area contributed by atoms with Crippen molar-refractivity contribution in [1.82, 2.24) is 4.98 Å². The average Bonchev–Trinajstić information content (AvgIpc) is 3.17. The zero-order valence-corrected chi connectivity index (χ0v) is 14.3. The van der Waals surface area contributed by atoms with Crippen LogP contribution in [0, 0.1) is 12.7 Å². The quantitative estimate of drug-likeness (QED) is 0.664. The maximum absolute atomic E-state index is 14.4. The second-order valence-corrected chi connectivity index (χ2v) is 6.58. The van der Waals surface area contributed by atoms with Crippen LogP contribution in [0.2, 0.25) is 0 Å². The Hall–Kier alpha value is -1.39. The van der Waals surface area contributed by atoms with Crippen molar-refractivity contribution in [2.75, 3.05) is 13.2 Å². The Morgan fingerprint density at radius 2 is 2.33 bits per heavy atom. The van der Waals surface area contributed by atoms with Gasteiger partial charge in [-0.3, -0.25) is 0 Å². The van der Waals surface area contributed by atoms with Gasteiger partial charge >= 0.3 is 18.9 Å². The van der Waals surface area contributed by atoms with E-state index in [9.17, 15) is 14.3 Å². The zero-order valence-electron chi connectivity index (χ0n) is 13.5. The number of halogens is 1. The van der Waals surface area contributed by atoms with E-state index in [2.05, 4.69) is 4.98 Å². The fraction of sp³-hybridized carbons (Fsp3) is 0.375. The number of carboxylic acid groups (broad SMARTS) is 1. The maximum Gasteiger partial charge on any atom is 1.00 e. The molecule has 2 heterocycles. The number of ether oxygens (including phenoxy) is 2. The van der Waals surface area contributed by atoms with Crippen LogP contribution < -0.4 is 28.7 Å². The average molecular weight is 343 g/mol. The first-order valence-corrected chi connectivity index (χ1v) is 8.08. The number of benzene rings is 1. The zero-order chi connectivity index (χ0) is 16.4. The Kier molecular flexibility index (Phi) is 6.41. The summed E-state index contributed by atoms with van der Waals surface area (Å²) in [6, 6.07) is 2.61. The minimum atomic E-state index is -1.58. The molecule has 1 aromatic carbocycles. The standard InChI is InChI=1S/C16H16FNO4S.Li/c1-9-7-18-15(23-9)12-5-11(6-13(14(12)17)16(19)20)22-8-10-3-2-4-21-10;/h5-7,10H,2-4,8H2,1H3,(H,19,20);/q;+1/p-1/t10-;/m0./s1. The molecule has 0 spiro atoms. The molecule has 1 saturated heterocycles. The van der Waals surface area contributed by atoms with Crippen molar-refractivity contribution in [3.05, 3.63) is 34.6 Å². The number of hydrogen-bond acceptors (Lipinski definition) is 6. The van der Waals surface area contributed by atoms with Gasteiger partial charge < -0.3 is 19.4 Å². The molecule has 0 amide bonds. The van der Waals surface area contributed by atoms with Crippen LogP contribution in [0.1, 0.15) is 28.1 Å². The molecule has 0 aliphatic carbocycles. The summed E-state index contributed by atoms with van der Waals surface area (Å²) in [5.41, 5.74) is -0.426. The molecule has 1 fully saturated rings. The number of aryl methyl sites for hydroxylation is 1. The van der Waals surface area contributed by atoms with Crippen LogP contribution in [0.25, 0.3) is 10.6 Å². The van der Waals surface area contributed by atoms with Gasteiger partial charge in [0.15, 0.2) is 0 Å². The van der Waals surface area contributed by atoms with E-state index in [1.54, 1.807) is 6.20 Å². The number of hydrogen-bond donors (Lipinski definition) is 0. The predicted octanol–water partition coefficient (Wildman–Crippen LogP) is -0.817. The van der Waals surface area contributed by atoms with Crippen molar-refractivity contribution < 1.29 is 42.6 Å². The van der Waals surface area contributed by atoms with Crippen molar-refractivity contribution in [3.63, 3.8) is 0 Å². The largest absolute Gasteiger partial charge is 1.00 e. The van der Waals surface area contributed by atoms with E-state index in [1.807, 2.05) is 6.92 Å². The number of carboxylic acids is 1. The van der Waals surface area contributed by atoms with E-state index in [0.717, 1.165) is 23.8 Å². The smallest absolute Gasteiger partial charge is 0.545 e. The second kappa shape index (κ2) is 8.12. The second-order valence-electron chi connectivity index (χ2n) is 5.34. The van der Waals surface area contributed by atoms with Crippen molar-refractivity contribution in [1.29, 1.82) is 0 Å². The summed E-state index contributed by atoms with van der Waals surface area (Å²) in [4.78, 5) is 16.2. The number of rotatable bonds is 5. The first-order valence-electron chi connectivity index (χ1n) is 7.26. The number of aromatic carboxylic acids is 1. The Morgan fingerprint density at radius 3 is 2.92 bits per heavy atom. The summed E-state index contributed by atoms with van der Waals surface area (Å²) in [5.74, 6) is -2.17. The molecule has 8 heteroatoms. The van der Waals surface area contributed by atoms with Crippen LogP contribution in [-0.4, -0.2) is 30.3 Å². The third kappa shape index (κ3) is 4.17. The van der Waals surface area contributed by atoms with Crippen molar-refractivity contribution in [3.8, 4) is 16.3 Å². The molecule has 1 aliphatic heterocycles. The van der Waals surface area contributed by atoms with Crippen molar-refractivity contribution >= 4 is 17.3 Å². The van der Waals surface area contributed by atoms with Gasteiger partial charge in [0.25, 0.3) is 0 Å². The molecule has 24 heavy (non-hydrogen) atoms. The van der Waals surface area contributed by atoms with E-state index in [0.29, 0.717) is 18.2 Å². The minimum Gasteiger partial charge on any atom is -0.545 e. The molecular formula is C16H15FLiNO4S. The summed E-state index contributed by atoms with van der Waals surface area (Å²) in [6.07, 6.45) is 3.47. The monoisotopic (exact) mass is 343 g/mol. The molecule has 2 aromatic rings. The van der Waals surface area contributed by atoms with Gasteiger partial charge in [-0.05, 0) is 31.9 Å². The van der Waals surface area contributed by atoms with Crippen LogP contribution in [-0.2, 0) is 4.74 Å². The van der Waals surface area contributed by atoms with Gasteiger partial charge in [0.05, 0.1) is 17.6 Å². The first-order chi connectivity index (χ1) is 11.0. The van der Waals surface area contributed by atoms with E-state index < -0.39 is 17.3 Å². The third-order valence-corrected chi connectivity index (χ3v) is 4.52. The number of carbonyl (C=O) groups is 1. The summed E-state index contributed by atoms with van der Waals surface area (Å²) >= 11 is 1.28. The molecule has 0 saturated carbocycles. The number of carbonyl (C=O) groups excluding carboxylic acids is 1. The number of nitrogens with zero attached hydrogens (tertiary/aromatic N) is 1. The van der Waals surface area contributed by atoms with Crippen LogP contribution in [0.15, 0.2) is 18.3 Å². The first kappa shape index (κ1) is 18.9. The fourth-order valence-corrected chi connectivity index (χ4v) is 3.20. The molecule has 0 N–H and O–H groups in total. The summed E-state index contributed by atoms with van der Waals surface area (Å²) in [6.45, 7) is 2.84. The van der Waals surface area contributed by atoms with Gasteiger partial charge in [0.1, 0.15) is 23.2 Å². The van der Waals surface area contributed by atoms with Gasteiger partial charge in [0.2, 0.25) is 0 Å². The molecule has 5 nitrogen and oxygen atoms in total. The Bertz CT molecular complexity index is 731. The summed E-state index contributed by atoms with van der Waals surface area (Å²) < 4.78 is 25.5. The summed E-state index contributed by atoms with van der Waals surface area (Å²) in [5, 5.41) is 11.6. The predicted molar refractivity (Wildman–Crippen MR) is 81.0 cm³/mol. The third-order valence-electron chi connectivity index (χ3n) is 3.58. The molecule has 0 unspecified atom stereocenters. The van der Waals surface area contributed by atoms with Gasteiger partial charge in [-0.25, -0.2) is 9.37 Å². The van der Waals surface area contributed by atoms with Crippen LogP contribution >= 0.6 is 11.3 Å². The molecule has 122 valence electrons. The topological polar surface area (TPSA) is 71.5 Å². The Labute approximate surface area is 155 Å². The molecule has 3 rings (SSSR count). The van der Waals surface area contributed by atoms with Gasteiger partial charge in [-0.15, -0.1) is 11.3 Å².